The van der Waals surface area contributed by atoms with Crippen molar-refractivity contribution in [2.75, 3.05) is 13.1 Å². The number of hydrogen-bond acceptors (Lipinski definition) is 3. The first-order valence-corrected chi connectivity index (χ1v) is 9.25. The number of H-pyrrole nitrogens is 1. The topological polar surface area (TPSA) is 61.0 Å². The van der Waals surface area contributed by atoms with Crippen molar-refractivity contribution in [3.05, 3.63) is 53.3 Å². The molecule has 134 valence electrons. The third kappa shape index (κ3) is 4.28. The van der Waals surface area contributed by atoms with Crippen molar-refractivity contribution < 1.29 is 4.79 Å². The van der Waals surface area contributed by atoms with Crippen LogP contribution in [0, 0.1) is 6.92 Å². The minimum absolute atomic E-state index is 0.0145. The molecule has 0 saturated carbocycles. The van der Waals surface area contributed by atoms with Crippen molar-refractivity contribution >= 4 is 5.91 Å². The Hall–Kier alpha value is -2.14. The summed E-state index contributed by atoms with van der Waals surface area (Å²) in [7, 11) is 0. The second kappa shape index (κ2) is 8.30. The number of benzene rings is 1. The number of amides is 1. The monoisotopic (exact) mass is 340 g/mol. The SMILES string of the molecule is CCC(C(=O)N1CCC(NCc2cn[nH]c2C)CC1)c1ccccc1. The highest BCUT2D eigenvalue weighted by Crippen LogP contribution is 2.24. The molecule has 1 aliphatic rings. The smallest absolute Gasteiger partial charge is 0.230 e. The van der Waals surface area contributed by atoms with Gasteiger partial charge >= 0.3 is 0 Å². The highest BCUT2D eigenvalue weighted by atomic mass is 16.2. The van der Waals surface area contributed by atoms with Crippen molar-refractivity contribution in [2.45, 2.75) is 51.6 Å². The minimum Gasteiger partial charge on any atom is -0.342 e. The normalized spacial score (nSPS) is 16.8. The van der Waals surface area contributed by atoms with Crippen molar-refractivity contribution in [1.82, 2.24) is 20.4 Å². The fourth-order valence-corrected chi connectivity index (χ4v) is 3.57. The molecular formula is C20H28N4O. The molecular weight excluding hydrogens is 312 g/mol. The van der Waals surface area contributed by atoms with E-state index in [0.29, 0.717) is 6.04 Å². The molecule has 2 N–H and O–H groups in total. The lowest BCUT2D eigenvalue weighted by Gasteiger charge is -2.34. The van der Waals surface area contributed by atoms with Gasteiger partial charge in [0.1, 0.15) is 0 Å². The lowest BCUT2D eigenvalue weighted by molar-refractivity contribution is -0.134. The molecule has 5 nitrogen and oxygen atoms in total. The van der Waals surface area contributed by atoms with Crippen LogP contribution in [0.2, 0.25) is 0 Å². The van der Waals surface area contributed by atoms with Crippen molar-refractivity contribution in [2.24, 2.45) is 0 Å². The number of nitrogens with one attached hydrogen (secondary N) is 2. The summed E-state index contributed by atoms with van der Waals surface area (Å²) in [5.74, 6) is 0.261. The minimum atomic E-state index is -0.0145. The molecule has 1 aromatic carbocycles. The molecule has 0 spiro atoms. The van der Waals surface area contributed by atoms with E-state index in [4.69, 9.17) is 0 Å². The summed E-state index contributed by atoms with van der Waals surface area (Å²) in [5, 5.41) is 10.6. The second-order valence-corrected chi connectivity index (χ2v) is 6.87. The quantitative estimate of drug-likeness (QED) is 0.850. The number of piperidine rings is 1. The first-order chi connectivity index (χ1) is 12.2. The summed E-state index contributed by atoms with van der Waals surface area (Å²) < 4.78 is 0. The zero-order valence-corrected chi connectivity index (χ0v) is 15.2. The van der Waals surface area contributed by atoms with E-state index >= 15 is 0 Å². The lowest BCUT2D eigenvalue weighted by Crippen LogP contribution is -2.46. The van der Waals surface area contributed by atoms with Gasteiger partial charge in [0.25, 0.3) is 0 Å². The first kappa shape index (κ1) is 17.7. The Labute approximate surface area is 149 Å². The number of nitrogens with zero attached hydrogens (tertiary/aromatic N) is 2. The van der Waals surface area contributed by atoms with E-state index in [9.17, 15) is 4.79 Å². The molecule has 0 bridgehead atoms. The zero-order chi connectivity index (χ0) is 17.6. The Bertz CT molecular complexity index is 674. The van der Waals surface area contributed by atoms with E-state index in [1.165, 1.54) is 5.56 Å². The Morgan fingerprint density at radius 1 is 1.32 bits per heavy atom. The molecule has 1 fully saturated rings. The number of rotatable bonds is 6. The van der Waals surface area contributed by atoms with Crippen LogP contribution in [0.15, 0.2) is 36.5 Å². The number of carbonyl (C=O) groups is 1. The molecule has 2 aromatic rings. The molecule has 2 heterocycles. The predicted molar refractivity (Wildman–Crippen MR) is 99.2 cm³/mol. The van der Waals surface area contributed by atoms with E-state index < -0.39 is 0 Å². The molecule has 1 aromatic heterocycles. The number of aryl methyl sites for hydroxylation is 1. The summed E-state index contributed by atoms with van der Waals surface area (Å²) in [6, 6.07) is 10.6. The van der Waals surface area contributed by atoms with E-state index in [1.807, 2.05) is 36.2 Å². The fourth-order valence-electron chi connectivity index (χ4n) is 3.57. The second-order valence-electron chi connectivity index (χ2n) is 6.87. The van der Waals surface area contributed by atoms with Gasteiger partial charge in [-0.3, -0.25) is 9.89 Å². The maximum Gasteiger partial charge on any atom is 0.230 e. The van der Waals surface area contributed by atoms with Crippen LogP contribution in [0.4, 0.5) is 0 Å². The number of carbonyl (C=O) groups excluding carboxylic acids is 1. The van der Waals surface area contributed by atoms with Gasteiger partial charge in [-0.2, -0.15) is 5.10 Å². The summed E-state index contributed by atoms with van der Waals surface area (Å²) in [6.45, 7) is 6.65. The molecule has 3 rings (SSSR count). The summed E-state index contributed by atoms with van der Waals surface area (Å²) in [4.78, 5) is 15.0. The van der Waals surface area contributed by atoms with Crippen LogP contribution in [0.5, 0.6) is 0 Å². The number of hydrogen-bond donors (Lipinski definition) is 2. The Kier molecular flexibility index (Phi) is 5.87. The van der Waals surface area contributed by atoms with E-state index in [2.05, 4.69) is 34.6 Å². The number of aromatic amines is 1. The molecule has 1 saturated heterocycles. The maximum absolute atomic E-state index is 12.9. The van der Waals surface area contributed by atoms with Gasteiger partial charge in [0.2, 0.25) is 5.91 Å². The van der Waals surface area contributed by atoms with Gasteiger partial charge in [-0.1, -0.05) is 37.3 Å². The highest BCUT2D eigenvalue weighted by molar-refractivity contribution is 5.83. The molecule has 1 unspecified atom stereocenters. The number of aromatic nitrogens is 2. The zero-order valence-electron chi connectivity index (χ0n) is 15.2. The van der Waals surface area contributed by atoms with Gasteiger partial charge in [-0.25, -0.2) is 0 Å². The third-order valence-electron chi connectivity index (χ3n) is 5.23. The molecule has 25 heavy (non-hydrogen) atoms. The summed E-state index contributed by atoms with van der Waals surface area (Å²) in [6.07, 6.45) is 4.75. The van der Waals surface area contributed by atoms with Gasteiger partial charge in [-0.05, 0) is 31.7 Å². The van der Waals surface area contributed by atoms with Gasteiger partial charge in [0, 0.05) is 36.9 Å². The van der Waals surface area contributed by atoms with E-state index in [1.54, 1.807) is 0 Å². The van der Waals surface area contributed by atoms with Gasteiger partial charge < -0.3 is 10.2 Å². The standard InChI is InChI=1S/C20H28N4O/c1-3-19(16-7-5-4-6-8-16)20(25)24-11-9-18(10-12-24)21-13-17-14-22-23-15(17)2/h4-8,14,18-19,21H,3,9-13H2,1-2H3,(H,22,23). The van der Waals surface area contributed by atoms with E-state index in [-0.39, 0.29) is 11.8 Å². The summed E-state index contributed by atoms with van der Waals surface area (Å²) >= 11 is 0. The molecule has 5 heteroatoms. The maximum atomic E-state index is 12.9. The van der Waals surface area contributed by atoms with Crippen LogP contribution in [0.1, 0.15) is 48.9 Å². The average Bonchev–Trinajstić information content (AvgIpc) is 3.07. The first-order valence-electron chi connectivity index (χ1n) is 9.25. The van der Waals surface area contributed by atoms with Crippen molar-refractivity contribution in [3.63, 3.8) is 0 Å². The van der Waals surface area contributed by atoms with Crippen molar-refractivity contribution in [1.29, 1.82) is 0 Å². The Balaban J connectivity index is 1.51. The predicted octanol–water partition coefficient (Wildman–Crippen LogP) is 2.99. The van der Waals surface area contributed by atoms with Crippen LogP contribution >= 0.6 is 0 Å². The molecule has 1 amide bonds. The lowest BCUT2D eigenvalue weighted by atomic mass is 9.93. The Morgan fingerprint density at radius 2 is 2.04 bits per heavy atom. The van der Waals surface area contributed by atoms with Crippen LogP contribution in [0.25, 0.3) is 0 Å². The molecule has 0 aliphatic carbocycles. The molecule has 1 aliphatic heterocycles. The van der Waals surface area contributed by atoms with E-state index in [0.717, 1.165) is 50.2 Å². The van der Waals surface area contributed by atoms with Gasteiger partial charge in [-0.15, -0.1) is 0 Å². The largest absolute Gasteiger partial charge is 0.342 e. The van der Waals surface area contributed by atoms with Crippen molar-refractivity contribution in [3.8, 4) is 0 Å². The fraction of sp³-hybridized carbons (Fsp3) is 0.500. The average molecular weight is 340 g/mol. The molecule has 0 radical (unpaired) electrons. The van der Waals surface area contributed by atoms with Crippen LogP contribution < -0.4 is 5.32 Å². The third-order valence-corrected chi connectivity index (χ3v) is 5.23. The van der Waals surface area contributed by atoms with Crippen LogP contribution in [-0.2, 0) is 11.3 Å². The summed E-state index contributed by atoms with van der Waals surface area (Å²) in [5.41, 5.74) is 3.47. The number of likely N-dealkylation sites (tertiary alicyclic amines) is 1. The van der Waals surface area contributed by atoms with Crippen LogP contribution in [-0.4, -0.2) is 40.1 Å². The Morgan fingerprint density at radius 3 is 2.64 bits per heavy atom. The van der Waals surface area contributed by atoms with Crippen LogP contribution in [0.3, 0.4) is 0 Å². The van der Waals surface area contributed by atoms with Gasteiger partial charge in [0.15, 0.2) is 0 Å². The highest BCUT2D eigenvalue weighted by Gasteiger charge is 2.28. The van der Waals surface area contributed by atoms with Gasteiger partial charge in [0.05, 0.1) is 12.1 Å². The molecule has 1 atom stereocenters.